The van der Waals surface area contributed by atoms with Gasteiger partial charge in [-0.15, -0.1) is 0 Å². The van der Waals surface area contributed by atoms with Crippen LogP contribution in [0.3, 0.4) is 0 Å². The largest absolute Gasteiger partial charge is 0.465 e. The van der Waals surface area contributed by atoms with Crippen LogP contribution in [0.4, 0.5) is 9.59 Å². The smallest absolute Gasteiger partial charge is 0.407 e. The lowest BCUT2D eigenvalue weighted by Gasteiger charge is -2.44. The van der Waals surface area contributed by atoms with Gasteiger partial charge in [-0.2, -0.15) is 0 Å². The van der Waals surface area contributed by atoms with Crippen molar-refractivity contribution < 1.29 is 24.2 Å². The van der Waals surface area contributed by atoms with Crippen LogP contribution in [0.25, 0.3) is 0 Å². The van der Waals surface area contributed by atoms with E-state index in [4.69, 9.17) is 21.1 Å². The van der Waals surface area contributed by atoms with Gasteiger partial charge in [0.25, 0.3) is 0 Å². The number of carbonyl (C=O) groups is 2. The normalized spacial score (nSPS) is 25.8. The number of fused-ring (bicyclic) bond motifs is 1. The molecule has 34 heavy (non-hydrogen) atoms. The highest BCUT2D eigenvalue weighted by molar-refractivity contribution is 6.30. The van der Waals surface area contributed by atoms with E-state index in [1.807, 2.05) is 35.8 Å². The predicted molar refractivity (Wildman–Crippen MR) is 129 cm³/mol. The standard InChI is InChI=1S/C25H36ClN3O5/c1-16-12-28(13-17(2)34-16)23(30)27-6-5-18-9-20(26)10-19(21(18)14-27)11-25(3,4)22-15-33-8-7-29(22)24(31)32/h9-10,16-17,22H,5-8,11-15H2,1-4H3,(H,31,32)/t16-,17-,22-/m0/s1. The van der Waals surface area contributed by atoms with Crippen molar-refractivity contribution in [1.29, 1.82) is 0 Å². The van der Waals surface area contributed by atoms with Crippen molar-refractivity contribution in [3.63, 3.8) is 0 Å². The van der Waals surface area contributed by atoms with E-state index in [1.165, 1.54) is 10.5 Å². The number of benzene rings is 1. The Labute approximate surface area is 206 Å². The van der Waals surface area contributed by atoms with E-state index in [1.54, 1.807) is 0 Å². The SMILES string of the molecule is C[C@H]1CN(C(=O)N2CCc3cc(Cl)cc(CC(C)(C)[C@@H]4COCCN4C(=O)O)c3C2)C[C@H](C)O1. The average molecular weight is 494 g/mol. The number of ether oxygens (including phenoxy) is 2. The molecule has 1 N–H and O–H groups in total. The maximum atomic E-state index is 13.4. The second kappa shape index (κ2) is 9.91. The molecule has 3 heterocycles. The monoisotopic (exact) mass is 493 g/mol. The highest BCUT2D eigenvalue weighted by Crippen LogP contribution is 2.36. The number of hydrogen-bond donors (Lipinski definition) is 1. The topological polar surface area (TPSA) is 82.6 Å². The van der Waals surface area contributed by atoms with Crippen LogP contribution in [-0.4, -0.2) is 89.6 Å². The lowest BCUT2D eigenvalue weighted by Crippen LogP contribution is -2.55. The number of nitrogens with zero attached hydrogens (tertiary/aromatic N) is 3. The summed E-state index contributed by atoms with van der Waals surface area (Å²) in [6, 6.07) is 3.77. The van der Waals surface area contributed by atoms with Gasteiger partial charge in [-0.3, -0.25) is 0 Å². The van der Waals surface area contributed by atoms with Gasteiger partial charge in [0.1, 0.15) is 0 Å². The molecular formula is C25H36ClN3O5. The van der Waals surface area contributed by atoms with Gasteiger partial charge >= 0.3 is 12.1 Å². The Morgan fingerprint density at radius 1 is 1.15 bits per heavy atom. The molecule has 3 amide bonds. The molecule has 0 saturated carbocycles. The summed E-state index contributed by atoms with van der Waals surface area (Å²) < 4.78 is 11.5. The van der Waals surface area contributed by atoms with Crippen molar-refractivity contribution in [3.05, 3.63) is 33.8 Å². The minimum Gasteiger partial charge on any atom is -0.465 e. The maximum absolute atomic E-state index is 13.4. The van der Waals surface area contributed by atoms with Crippen molar-refractivity contribution >= 4 is 23.7 Å². The van der Waals surface area contributed by atoms with E-state index in [2.05, 4.69) is 13.8 Å². The fraction of sp³-hybridized carbons (Fsp3) is 0.680. The Bertz CT molecular complexity index is 929. The number of morpholine rings is 2. The van der Waals surface area contributed by atoms with Crippen LogP contribution in [0.1, 0.15) is 44.4 Å². The minimum absolute atomic E-state index is 0.0230. The van der Waals surface area contributed by atoms with Crippen LogP contribution in [-0.2, 0) is 28.9 Å². The van der Waals surface area contributed by atoms with E-state index in [0.717, 1.165) is 17.5 Å². The maximum Gasteiger partial charge on any atom is 0.407 e. The third kappa shape index (κ3) is 5.29. The van der Waals surface area contributed by atoms with E-state index >= 15 is 0 Å². The van der Waals surface area contributed by atoms with E-state index in [0.29, 0.717) is 57.4 Å². The van der Waals surface area contributed by atoms with E-state index in [9.17, 15) is 14.7 Å². The van der Waals surface area contributed by atoms with E-state index in [-0.39, 0.29) is 29.7 Å². The van der Waals surface area contributed by atoms with Gasteiger partial charge in [0, 0.05) is 37.7 Å². The lowest BCUT2D eigenvalue weighted by molar-refractivity contribution is -0.0585. The van der Waals surface area contributed by atoms with Crippen molar-refractivity contribution in [3.8, 4) is 0 Å². The second-order valence-electron chi connectivity index (χ2n) is 10.6. The number of hydrogen-bond acceptors (Lipinski definition) is 4. The molecule has 1 aromatic rings. The third-order valence-corrected chi connectivity index (χ3v) is 7.50. The molecule has 0 bridgehead atoms. The summed E-state index contributed by atoms with van der Waals surface area (Å²) in [4.78, 5) is 30.5. The van der Waals surface area contributed by atoms with Crippen LogP contribution in [0, 0.1) is 5.41 Å². The molecule has 188 valence electrons. The lowest BCUT2D eigenvalue weighted by atomic mass is 9.76. The van der Waals surface area contributed by atoms with Crippen molar-refractivity contribution in [1.82, 2.24) is 14.7 Å². The van der Waals surface area contributed by atoms with Gasteiger partial charge in [-0.1, -0.05) is 25.4 Å². The molecule has 2 fully saturated rings. The first-order valence-electron chi connectivity index (χ1n) is 12.1. The zero-order valence-corrected chi connectivity index (χ0v) is 21.3. The number of urea groups is 1. The number of rotatable bonds is 3. The Morgan fingerprint density at radius 2 is 1.85 bits per heavy atom. The first-order valence-corrected chi connectivity index (χ1v) is 12.5. The molecule has 0 unspecified atom stereocenters. The van der Waals surface area contributed by atoms with Crippen LogP contribution in [0.15, 0.2) is 12.1 Å². The van der Waals surface area contributed by atoms with Crippen molar-refractivity contribution in [2.24, 2.45) is 5.41 Å². The third-order valence-electron chi connectivity index (χ3n) is 7.28. The predicted octanol–water partition coefficient (Wildman–Crippen LogP) is 3.87. The summed E-state index contributed by atoms with van der Waals surface area (Å²) in [6.07, 6.45) is 0.518. The number of carboxylic acid groups (broad SMARTS) is 1. The molecule has 0 spiro atoms. The average Bonchev–Trinajstić information content (AvgIpc) is 2.77. The number of amides is 3. The van der Waals surface area contributed by atoms with Crippen molar-refractivity contribution in [2.75, 3.05) is 39.4 Å². The van der Waals surface area contributed by atoms with Crippen molar-refractivity contribution in [2.45, 2.75) is 65.3 Å². The first kappa shape index (κ1) is 25.1. The van der Waals surface area contributed by atoms with Crippen LogP contribution in [0.2, 0.25) is 5.02 Å². The molecule has 1 aromatic carbocycles. The van der Waals surface area contributed by atoms with Gasteiger partial charge in [0.05, 0.1) is 31.5 Å². The summed E-state index contributed by atoms with van der Waals surface area (Å²) in [5, 5.41) is 10.4. The minimum atomic E-state index is -0.916. The molecule has 0 aromatic heterocycles. The molecule has 0 aliphatic carbocycles. The van der Waals surface area contributed by atoms with Gasteiger partial charge in [-0.05, 0) is 60.9 Å². The fourth-order valence-corrected chi connectivity index (χ4v) is 5.91. The molecule has 3 aliphatic heterocycles. The Kier molecular flexibility index (Phi) is 7.31. The Hall–Kier alpha value is -2.03. The van der Waals surface area contributed by atoms with E-state index < -0.39 is 6.09 Å². The molecule has 3 aliphatic rings. The number of halogens is 1. The molecule has 3 atom stereocenters. The van der Waals surface area contributed by atoms with Crippen LogP contribution >= 0.6 is 11.6 Å². The van der Waals surface area contributed by atoms with Crippen LogP contribution in [0.5, 0.6) is 0 Å². The highest BCUT2D eigenvalue weighted by atomic mass is 35.5. The molecule has 2 saturated heterocycles. The quantitative estimate of drug-likeness (QED) is 0.691. The number of carbonyl (C=O) groups excluding carboxylic acids is 1. The summed E-state index contributed by atoms with van der Waals surface area (Å²) in [5.41, 5.74) is 2.99. The van der Waals surface area contributed by atoms with Gasteiger partial charge < -0.3 is 29.3 Å². The summed E-state index contributed by atoms with van der Waals surface area (Å²) in [7, 11) is 0. The summed E-state index contributed by atoms with van der Waals surface area (Å²) in [6.45, 7) is 11.7. The summed E-state index contributed by atoms with van der Waals surface area (Å²) in [5.74, 6) is 0. The Morgan fingerprint density at radius 3 is 2.53 bits per heavy atom. The zero-order chi connectivity index (χ0) is 24.6. The molecule has 8 nitrogen and oxygen atoms in total. The molecule has 4 rings (SSSR count). The second-order valence-corrected chi connectivity index (χ2v) is 11.0. The molecular weight excluding hydrogens is 458 g/mol. The Balaban J connectivity index is 1.56. The molecule has 9 heteroatoms. The highest BCUT2D eigenvalue weighted by Gasteiger charge is 2.40. The van der Waals surface area contributed by atoms with Gasteiger partial charge in [0.15, 0.2) is 0 Å². The van der Waals surface area contributed by atoms with Gasteiger partial charge in [-0.25, -0.2) is 9.59 Å². The molecule has 0 radical (unpaired) electrons. The summed E-state index contributed by atoms with van der Waals surface area (Å²) >= 11 is 6.50. The van der Waals surface area contributed by atoms with Crippen LogP contribution < -0.4 is 0 Å². The fourth-order valence-electron chi connectivity index (χ4n) is 5.65. The van der Waals surface area contributed by atoms with Gasteiger partial charge in [0.2, 0.25) is 0 Å². The zero-order valence-electron chi connectivity index (χ0n) is 20.6. The first-order chi connectivity index (χ1) is 16.0.